The topological polar surface area (TPSA) is 88.6 Å². The second-order valence-electron chi connectivity index (χ2n) is 6.52. The van der Waals surface area contributed by atoms with E-state index in [2.05, 4.69) is 39.6 Å². The van der Waals surface area contributed by atoms with Gasteiger partial charge >= 0.3 is 0 Å². The Hall–Kier alpha value is -3.61. The molecular weight excluding hydrogens is 368 g/mol. The second-order valence-corrected chi connectivity index (χ2v) is 6.52. The summed E-state index contributed by atoms with van der Waals surface area (Å²) in [6, 6.07) is 15.2. The summed E-state index contributed by atoms with van der Waals surface area (Å²) >= 11 is 0. The molecule has 0 aliphatic heterocycles. The van der Waals surface area contributed by atoms with E-state index in [-0.39, 0.29) is 11.5 Å². The summed E-state index contributed by atoms with van der Waals surface area (Å²) in [5.74, 6) is 1.60. The molecule has 0 atom stereocenters. The average Bonchev–Trinajstić information content (AvgIpc) is 2.68. The van der Waals surface area contributed by atoms with Crippen molar-refractivity contribution in [3.63, 3.8) is 0 Å². The number of aromatic amines is 1. The first-order valence-electron chi connectivity index (χ1n) is 9.35. The highest BCUT2D eigenvalue weighted by Crippen LogP contribution is 2.29. The Morgan fingerprint density at radius 1 is 1.07 bits per heavy atom. The van der Waals surface area contributed by atoms with Crippen molar-refractivity contribution in [3.05, 3.63) is 81.3 Å². The van der Waals surface area contributed by atoms with Crippen LogP contribution in [0.5, 0.6) is 11.5 Å². The quantitative estimate of drug-likeness (QED) is 0.449. The molecule has 1 aromatic heterocycles. The van der Waals surface area contributed by atoms with E-state index >= 15 is 0 Å². The lowest BCUT2D eigenvalue weighted by molar-refractivity contribution is 0.269. The molecule has 0 radical (unpaired) electrons. The number of aryl methyl sites for hydroxylation is 2. The van der Waals surface area contributed by atoms with Crippen LogP contribution in [0.15, 0.2) is 58.4 Å². The van der Waals surface area contributed by atoms with Gasteiger partial charge in [-0.3, -0.25) is 9.78 Å². The Morgan fingerprint density at radius 3 is 2.59 bits per heavy atom. The average molecular weight is 392 g/mol. The molecule has 2 aromatic carbocycles. The molecule has 3 rings (SSSR count). The summed E-state index contributed by atoms with van der Waals surface area (Å²) in [6.07, 6.45) is 1.62. The smallest absolute Gasteiger partial charge is 0.252 e. The largest absolute Gasteiger partial charge is 0.490 e. The summed E-state index contributed by atoms with van der Waals surface area (Å²) in [5.41, 5.74) is 6.22. The number of ether oxygens (including phenoxy) is 2. The number of hydrogen-bond acceptors (Lipinski definition) is 6. The monoisotopic (exact) mass is 392 g/mol. The van der Waals surface area contributed by atoms with Crippen LogP contribution >= 0.6 is 0 Å². The third kappa shape index (κ3) is 5.93. The van der Waals surface area contributed by atoms with E-state index in [0.717, 1.165) is 11.1 Å². The Bertz CT molecular complexity index is 1040. The number of hydrogen-bond donors (Lipinski definition) is 2. The van der Waals surface area contributed by atoms with Crippen LogP contribution in [0, 0.1) is 13.8 Å². The maximum atomic E-state index is 11.5. The third-order valence-electron chi connectivity index (χ3n) is 4.04. The predicted octanol–water partition coefficient (Wildman–Crippen LogP) is 3.81. The number of benzene rings is 2. The molecule has 0 unspecified atom stereocenters. The minimum Gasteiger partial charge on any atom is -0.490 e. The van der Waals surface area contributed by atoms with E-state index in [1.807, 2.05) is 37.3 Å². The van der Waals surface area contributed by atoms with Gasteiger partial charge in [0.05, 0.1) is 12.8 Å². The van der Waals surface area contributed by atoms with Crippen molar-refractivity contribution in [2.24, 2.45) is 5.10 Å². The van der Waals surface area contributed by atoms with Gasteiger partial charge in [0.25, 0.3) is 5.56 Å². The zero-order valence-corrected chi connectivity index (χ0v) is 16.7. The first-order chi connectivity index (χ1) is 14.0. The lowest BCUT2D eigenvalue weighted by Crippen LogP contribution is -2.10. The Morgan fingerprint density at radius 2 is 1.86 bits per heavy atom. The Kier molecular flexibility index (Phi) is 6.63. The molecular formula is C22H24N4O3. The van der Waals surface area contributed by atoms with Gasteiger partial charge in [0.2, 0.25) is 5.95 Å². The van der Waals surface area contributed by atoms with Gasteiger partial charge in [0, 0.05) is 11.8 Å². The summed E-state index contributed by atoms with van der Waals surface area (Å²) in [7, 11) is 0. The molecule has 1 heterocycles. The molecule has 0 saturated carbocycles. The van der Waals surface area contributed by atoms with Crippen LogP contribution in [0.4, 0.5) is 5.95 Å². The molecule has 0 aliphatic carbocycles. The maximum absolute atomic E-state index is 11.5. The van der Waals surface area contributed by atoms with Gasteiger partial charge in [-0.15, -0.1) is 0 Å². The fourth-order valence-corrected chi connectivity index (χ4v) is 2.64. The van der Waals surface area contributed by atoms with Crippen LogP contribution in [0.3, 0.4) is 0 Å². The van der Waals surface area contributed by atoms with Gasteiger partial charge in [0.1, 0.15) is 6.61 Å². The van der Waals surface area contributed by atoms with Crippen molar-refractivity contribution < 1.29 is 9.47 Å². The van der Waals surface area contributed by atoms with Gasteiger partial charge < -0.3 is 9.47 Å². The van der Waals surface area contributed by atoms with E-state index in [9.17, 15) is 4.79 Å². The third-order valence-corrected chi connectivity index (χ3v) is 4.04. The molecule has 7 heteroatoms. The lowest BCUT2D eigenvalue weighted by atomic mass is 10.2. The van der Waals surface area contributed by atoms with Crippen LogP contribution in [-0.4, -0.2) is 22.8 Å². The summed E-state index contributed by atoms with van der Waals surface area (Å²) in [5, 5.41) is 4.12. The van der Waals surface area contributed by atoms with E-state index in [1.165, 1.54) is 11.6 Å². The summed E-state index contributed by atoms with van der Waals surface area (Å²) in [6.45, 7) is 6.70. The van der Waals surface area contributed by atoms with E-state index in [1.54, 1.807) is 13.1 Å². The van der Waals surface area contributed by atoms with Crippen LogP contribution in [0.25, 0.3) is 0 Å². The first-order valence-corrected chi connectivity index (χ1v) is 9.35. The van der Waals surface area contributed by atoms with Crippen molar-refractivity contribution in [1.29, 1.82) is 0 Å². The van der Waals surface area contributed by atoms with E-state index in [0.29, 0.717) is 30.4 Å². The fraction of sp³-hybridized carbons (Fsp3) is 0.227. The van der Waals surface area contributed by atoms with Crippen LogP contribution < -0.4 is 20.5 Å². The van der Waals surface area contributed by atoms with Gasteiger partial charge in [0.15, 0.2) is 11.5 Å². The SMILES string of the molecule is CCOc1cc(/C=N/Nc2nc(C)cc(=O)[nH]2)ccc1OCc1ccc(C)cc1. The van der Waals surface area contributed by atoms with Crippen LogP contribution in [0.2, 0.25) is 0 Å². The normalized spacial score (nSPS) is 10.9. The number of aromatic nitrogens is 2. The lowest BCUT2D eigenvalue weighted by Gasteiger charge is -2.12. The molecule has 150 valence electrons. The molecule has 0 spiro atoms. The van der Waals surface area contributed by atoms with Crippen molar-refractivity contribution in [2.75, 3.05) is 12.0 Å². The second kappa shape index (κ2) is 9.54. The number of nitrogens with zero attached hydrogens (tertiary/aromatic N) is 2. The molecule has 0 bridgehead atoms. The number of rotatable bonds is 8. The zero-order valence-electron chi connectivity index (χ0n) is 16.7. The van der Waals surface area contributed by atoms with Crippen molar-refractivity contribution in [2.45, 2.75) is 27.4 Å². The molecule has 0 aliphatic rings. The predicted molar refractivity (Wildman–Crippen MR) is 114 cm³/mol. The van der Waals surface area contributed by atoms with Crippen LogP contribution in [0.1, 0.15) is 29.3 Å². The Balaban J connectivity index is 1.69. The fourth-order valence-electron chi connectivity index (χ4n) is 2.64. The molecule has 0 amide bonds. The molecule has 2 N–H and O–H groups in total. The highest BCUT2D eigenvalue weighted by molar-refractivity contribution is 5.81. The van der Waals surface area contributed by atoms with E-state index < -0.39 is 0 Å². The maximum Gasteiger partial charge on any atom is 0.252 e. The van der Waals surface area contributed by atoms with E-state index in [4.69, 9.17) is 9.47 Å². The van der Waals surface area contributed by atoms with Crippen molar-refractivity contribution in [3.8, 4) is 11.5 Å². The van der Waals surface area contributed by atoms with Gasteiger partial charge in [-0.2, -0.15) is 5.10 Å². The molecule has 0 saturated heterocycles. The highest BCUT2D eigenvalue weighted by Gasteiger charge is 2.07. The molecule has 7 nitrogen and oxygen atoms in total. The van der Waals surface area contributed by atoms with Crippen molar-refractivity contribution >= 4 is 12.2 Å². The number of hydrazone groups is 1. The van der Waals surface area contributed by atoms with Gasteiger partial charge in [-0.25, -0.2) is 10.4 Å². The molecule has 3 aromatic rings. The Labute approximate surface area is 169 Å². The summed E-state index contributed by atoms with van der Waals surface area (Å²) in [4.78, 5) is 18.2. The molecule has 29 heavy (non-hydrogen) atoms. The highest BCUT2D eigenvalue weighted by atomic mass is 16.5. The van der Waals surface area contributed by atoms with Crippen LogP contribution in [-0.2, 0) is 6.61 Å². The van der Waals surface area contributed by atoms with Gasteiger partial charge in [-0.05, 0) is 50.1 Å². The minimum absolute atomic E-state index is 0.232. The van der Waals surface area contributed by atoms with Gasteiger partial charge in [-0.1, -0.05) is 29.8 Å². The first kappa shape index (κ1) is 20.1. The van der Waals surface area contributed by atoms with Crippen molar-refractivity contribution in [1.82, 2.24) is 9.97 Å². The molecule has 0 fully saturated rings. The number of H-pyrrole nitrogens is 1. The number of anilines is 1. The standard InChI is InChI=1S/C22H24N4O3/c1-4-28-20-12-18(13-23-26-22-24-16(3)11-21(27)25-22)9-10-19(20)29-14-17-7-5-15(2)6-8-17/h5-13H,4,14H2,1-3H3,(H2,24,25,26,27)/b23-13+. The zero-order chi connectivity index (χ0) is 20.6. The number of nitrogens with one attached hydrogen (secondary N) is 2. The summed E-state index contributed by atoms with van der Waals surface area (Å²) < 4.78 is 11.7. The minimum atomic E-state index is -0.232.